The zero-order valence-corrected chi connectivity index (χ0v) is 16.3. The Morgan fingerprint density at radius 2 is 1.85 bits per heavy atom. The summed E-state index contributed by atoms with van der Waals surface area (Å²) < 4.78 is 37.8. The number of thiophene rings is 1. The minimum atomic E-state index is -3.43. The fraction of sp³-hybridized carbons (Fsp3) is 0.389. The summed E-state index contributed by atoms with van der Waals surface area (Å²) in [6.45, 7) is 1.59. The van der Waals surface area contributed by atoms with Crippen LogP contribution in [0.3, 0.4) is 0 Å². The van der Waals surface area contributed by atoms with Gasteiger partial charge in [0.1, 0.15) is 4.21 Å². The molecule has 1 amide bonds. The molecule has 9 heteroatoms. The van der Waals surface area contributed by atoms with Gasteiger partial charge < -0.3 is 14.8 Å². The molecule has 0 spiro atoms. The van der Waals surface area contributed by atoms with Crippen molar-refractivity contribution in [3.05, 3.63) is 40.8 Å². The molecular weight excluding hydrogens is 388 g/mol. The van der Waals surface area contributed by atoms with Crippen LogP contribution in [0.2, 0.25) is 0 Å². The fourth-order valence-corrected chi connectivity index (χ4v) is 6.10. The minimum absolute atomic E-state index is 0.157. The maximum absolute atomic E-state index is 12.7. The van der Waals surface area contributed by atoms with Gasteiger partial charge in [-0.3, -0.25) is 4.79 Å². The summed E-state index contributed by atoms with van der Waals surface area (Å²) in [5.74, 6) is 0.924. The van der Waals surface area contributed by atoms with Gasteiger partial charge in [-0.1, -0.05) is 6.42 Å². The Labute approximate surface area is 161 Å². The van der Waals surface area contributed by atoms with E-state index in [4.69, 9.17) is 9.47 Å². The molecule has 2 aromatic rings. The molecule has 27 heavy (non-hydrogen) atoms. The zero-order chi connectivity index (χ0) is 18.9. The lowest BCUT2D eigenvalue weighted by Gasteiger charge is -2.25. The number of carbonyl (C=O) groups excluding carboxylic acids is 1. The SMILES string of the molecule is O=C(NCc1ccc(S(=O)(=O)N2CCCCC2)s1)c1ccc2c(c1)OCO2. The first kappa shape index (κ1) is 18.3. The van der Waals surface area contributed by atoms with E-state index in [1.165, 1.54) is 11.3 Å². The second-order valence-electron chi connectivity index (χ2n) is 6.44. The van der Waals surface area contributed by atoms with Crippen molar-refractivity contribution in [2.75, 3.05) is 19.9 Å². The molecule has 0 atom stereocenters. The van der Waals surface area contributed by atoms with Crippen LogP contribution < -0.4 is 14.8 Å². The van der Waals surface area contributed by atoms with Crippen molar-refractivity contribution in [1.29, 1.82) is 0 Å². The number of rotatable bonds is 5. The number of nitrogens with one attached hydrogen (secondary N) is 1. The van der Waals surface area contributed by atoms with E-state index in [0.29, 0.717) is 34.4 Å². The average Bonchev–Trinajstić information content (AvgIpc) is 3.35. The number of ether oxygens (including phenoxy) is 2. The second-order valence-corrected chi connectivity index (χ2v) is 9.77. The summed E-state index contributed by atoms with van der Waals surface area (Å²) in [5.41, 5.74) is 0.469. The first-order chi connectivity index (χ1) is 13.0. The van der Waals surface area contributed by atoms with E-state index >= 15 is 0 Å². The topological polar surface area (TPSA) is 84.9 Å². The van der Waals surface area contributed by atoms with Gasteiger partial charge in [-0.25, -0.2) is 8.42 Å². The summed E-state index contributed by atoms with van der Waals surface area (Å²) in [7, 11) is -3.43. The highest BCUT2D eigenvalue weighted by atomic mass is 32.2. The van der Waals surface area contributed by atoms with Gasteiger partial charge in [0, 0.05) is 23.5 Å². The van der Waals surface area contributed by atoms with Crippen LogP contribution in [-0.2, 0) is 16.6 Å². The molecule has 1 aromatic heterocycles. The van der Waals surface area contributed by atoms with E-state index in [-0.39, 0.29) is 19.2 Å². The molecule has 0 aliphatic carbocycles. The Kier molecular flexibility index (Phi) is 5.07. The third-order valence-electron chi connectivity index (χ3n) is 4.60. The van der Waals surface area contributed by atoms with Gasteiger partial charge in [-0.2, -0.15) is 4.31 Å². The van der Waals surface area contributed by atoms with Crippen LogP contribution in [-0.4, -0.2) is 38.5 Å². The van der Waals surface area contributed by atoms with Crippen molar-refractivity contribution in [1.82, 2.24) is 9.62 Å². The normalized spacial score (nSPS) is 17.0. The van der Waals surface area contributed by atoms with Gasteiger partial charge >= 0.3 is 0 Å². The lowest BCUT2D eigenvalue weighted by Crippen LogP contribution is -2.35. The van der Waals surface area contributed by atoms with Gasteiger partial charge in [0.15, 0.2) is 11.5 Å². The van der Waals surface area contributed by atoms with Crippen LogP contribution in [0, 0.1) is 0 Å². The largest absolute Gasteiger partial charge is 0.454 e. The molecule has 2 aliphatic heterocycles. The maximum atomic E-state index is 12.7. The minimum Gasteiger partial charge on any atom is -0.454 e. The number of hydrogen-bond donors (Lipinski definition) is 1. The molecule has 144 valence electrons. The van der Waals surface area contributed by atoms with Crippen LogP contribution in [0.1, 0.15) is 34.5 Å². The van der Waals surface area contributed by atoms with Gasteiger partial charge in [0.2, 0.25) is 6.79 Å². The predicted molar refractivity (Wildman–Crippen MR) is 101 cm³/mol. The highest BCUT2D eigenvalue weighted by Crippen LogP contribution is 2.32. The Hall–Kier alpha value is -2.10. The van der Waals surface area contributed by atoms with Crippen molar-refractivity contribution in [3.63, 3.8) is 0 Å². The Morgan fingerprint density at radius 3 is 2.67 bits per heavy atom. The number of fused-ring (bicyclic) bond motifs is 1. The summed E-state index contributed by atoms with van der Waals surface area (Å²) in [6, 6.07) is 8.38. The maximum Gasteiger partial charge on any atom is 0.252 e. The van der Waals surface area contributed by atoms with Gasteiger partial charge in [0.25, 0.3) is 15.9 Å². The summed E-state index contributed by atoms with van der Waals surface area (Å²) >= 11 is 1.20. The average molecular weight is 409 g/mol. The Balaban J connectivity index is 1.40. The Bertz CT molecular complexity index is 948. The van der Waals surface area contributed by atoms with Crippen LogP contribution in [0.25, 0.3) is 0 Å². The van der Waals surface area contributed by atoms with Crippen molar-refractivity contribution >= 4 is 27.3 Å². The molecule has 0 bridgehead atoms. The lowest BCUT2D eigenvalue weighted by atomic mass is 10.2. The highest BCUT2D eigenvalue weighted by Gasteiger charge is 2.27. The molecule has 3 heterocycles. The number of piperidine rings is 1. The van der Waals surface area contributed by atoms with Crippen molar-refractivity contribution in [2.45, 2.75) is 30.0 Å². The molecule has 2 aliphatic rings. The predicted octanol–water partition coefficient (Wildman–Crippen LogP) is 2.58. The van der Waals surface area contributed by atoms with Crippen molar-refractivity contribution in [3.8, 4) is 11.5 Å². The van der Waals surface area contributed by atoms with Crippen LogP contribution >= 0.6 is 11.3 Å². The smallest absolute Gasteiger partial charge is 0.252 e. The molecule has 4 rings (SSSR count). The van der Waals surface area contributed by atoms with Gasteiger partial charge in [-0.05, 0) is 43.2 Å². The van der Waals surface area contributed by atoms with Crippen molar-refractivity contribution in [2.24, 2.45) is 0 Å². The summed E-state index contributed by atoms with van der Waals surface area (Å²) in [6.07, 6.45) is 2.89. The molecule has 0 saturated carbocycles. The van der Waals surface area contributed by atoms with E-state index in [0.717, 1.165) is 24.1 Å². The third-order valence-corrected chi connectivity index (χ3v) is 8.06. The Morgan fingerprint density at radius 1 is 1.07 bits per heavy atom. The lowest BCUT2D eigenvalue weighted by molar-refractivity contribution is 0.0951. The van der Waals surface area contributed by atoms with E-state index in [2.05, 4.69) is 5.32 Å². The summed E-state index contributed by atoms with van der Waals surface area (Å²) in [5, 5.41) is 2.82. The van der Waals surface area contributed by atoms with Crippen LogP contribution in [0.15, 0.2) is 34.5 Å². The molecule has 7 nitrogen and oxygen atoms in total. The van der Waals surface area contributed by atoms with E-state index in [1.54, 1.807) is 34.6 Å². The number of sulfonamides is 1. The van der Waals surface area contributed by atoms with E-state index in [9.17, 15) is 13.2 Å². The molecular formula is C18H20N2O5S2. The quantitative estimate of drug-likeness (QED) is 0.822. The van der Waals surface area contributed by atoms with Gasteiger partial charge in [0.05, 0.1) is 6.54 Å². The third kappa shape index (κ3) is 3.80. The summed E-state index contributed by atoms with van der Waals surface area (Å²) in [4.78, 5) is 13.1. The molecule has 1 saturated heterocycles. The molecule has 1 fully saturated rings. The number of carbonyl (C=O) groups is 1. The standard InChI is InChI=1S/C18H20N2O5S2/c21-18(13-4-6-15-16(10-13)25-12-24-15)19-11-14-5-7-17(26-14)27(22,23)20-8-2-1-3-9-20/h4-7,10H,1-3,8-9,11-12H2,(H,19,21). The van der Waals surface area contributed by atoms with Gasteiger partial charge in [-0.15, -0.1) is 11.3 Å². The number of amides is 1. The zero-order valence-electron chi connectivity index (χ0n) is 14.6. The fourth-order valence-electron chi connectivity index (χ4n) is 3.13. The van der Waals surface area contributed by atoms with Crippen LogP contribution in [0.4, 0.5) is 0 Å². The molecule has 0 radical (unpaired) electrons. The van der Waals surface area contributed by atoms with Crippen LogP contribution in [0.5, 0.6) is 11.5 Å². The molecule has 1 aromatic carbocycles. The number of nitrogens with zero attached hydrogens (tertiary/aromatic N) is 1. The molecule has 0 unspecified atom stereocenters. The first-order valence-electron chi connectivity index (χ1n) is 8.81. The first-order valence-corrected chi connectivity index (χ1v) is 11.1. The molecule has 1 N–H and O–H groups in total. The number of benzene rings is 1. The highest BCUT2D eigenvalue weighted by molar-refractivity contribution is 7.91. The number of hydrogen-bond acceptors (Lipinski definition) is 6. The van der Waals surface area contributed by atoms with E-state index < -0.39 is 10.0 Å². The second kappa shape index (κ2) is 7.49. The monoisotopic (exact) mass is 408 g/mol. The van der Waals surface area contributed by atoms with E-state index in [1.807, 2.05) is 0 Å². The van der Waals surface area contributed by atoms with Crippen molar-refractivity contribution < 1.29 is 22.7 Å².